The van der Waals surface area contributed by atoms with Gasteiger partial charge in [-0.3, -0.25) is 9.78 Å². The van der Waals surface area contributed by atoms with Crippen LogP contribution in [0.25, 0.3) is 22.6 Å². The highest BCUT2D eigenvalue weighted by molar-refractivity contribution is 9.10. The predicted molar refractivity (Wildman–Crippen MR) is 76.8 cm³/mol. The summed E-state index contributed by atoms with van der Waals surface area (Å²) in [4.78, 5) is 25.5. The largest absolute Gasteiger partial charge is 0.369 e. The molecule has 0 spiro atoms. The minimum absolute atomic E-state index is 0.0570. The number of nitrogens with one attached hydrogen (secondary N) is 2. The molecule has 3 aromatic rings. The standard InChI is InChI=1S/C12H10BrN5O/c1-5-6(3-2-4-7(5)13)9-15-8-10(16-9)17-12(14)18-11(8)19/h2-4H,1H3,(H4,14,15,16,17,18,19). The number of aromatic amines is 2. The molecule has 0 unspecified atom stereocenters. The summed E-state index contributed by atoms with van der Waals surface area (Å²) in [5.41, 5.74) is 7.75. The van der Waals surface area contributed by atoms with Crippen LogP contribution in [0, 0.1) is 6.92 Å². The number of anilines is 1. The lowest BCUT2D eigenvalue weighted by Crippen LogP contribution is -2.10. The minimum Gasteiger partial charge on any atom is -0.369 e. The van der Waals surface area contributed by atoms with Crippen molar-refractivity contribution in [2.24, 2.45) is 0 Å². The lowest BCUT2D eigenvalue weighted by atomic mass is 10.1. The van der Waals surface area contributed by atoms with Crippen molar-refractivity contribution in [3.8, 4) is 11.4 Å². The van der Waals surface area contributed by atoms with Crippen LogP contribution in [0.5, 0.6) is 0 Å². The molecule has 7 heteroatoms. The van der Waals surface area contributed by atoms with Gasteiger partial charge < -0.3 is 10.7 Å². The molecule has 6 nitrogen and oxygen atoms in total. The number of benzene rings is 1. The summed E-state index contributed by atoms with van der Waals surface area (Å²) in [6.45, 7) is 1.97. The van der Waals surface area contributed by atoms with Crippen molar-refractivity contribution < 1.29 is 0 Å². The van der Waals surface area contributed by atoms with Crippen LogP contribution in [-0.4, -0.2) is 19.9 Å². The second-order valence-electron chi connectivity index (χ2n) is 4.15. The van der Waals surface area contributed by atoms with Gasteiger partial charge in [0.2, 0.25) is 5.95 Å². The molecule has 0 aliphatic carbocycles. The van der Waals surface area contributed by atoms with E-state index < -0.39 is 0 Å². The highest BCUT2D eigenvalue weighted by atomic mass is 79.9. The van der Waals surface area contributed by atoms with Gasteiger partial charge in [0, 0.05) is 10.0 Å². The van der Waals surface area contributed by atoms with Gasteiger partial charge in [-0.15, -0.1) is 0 Å². The first-order valence-electron chi connectivity index (χ1n) is 5.57. The number of nitrogens with two attached hydrogens (primary N) is 1. The monoisotopic (exact) mass is 319 g/mol. The van der Waals surface area contributed by atoms with E-state index in [2.05, 4.69) is 35.9 Å². The first kappa shape index (κ1) is 11.9. The summed E-state index contributed by atoms with van der Waals surface area (Å²) in [6.07, 6.45) is 0. The van der Waals surface area contributed by atoms with E-state index in [1.54, 1.807) is 0 Å². The molecule has 0 atom stereocenters. The quantitative estimate of drug-likeness (QED) is 0.638. The molecule has 1 aromatic carbocycles. The Morgan fingerprint density at radius 2 is 2.05 bits per heavy atom. The third-order valence-electron chi connectivity index (χ3n) is 2.90. The van der Waals surface area contributed by atoms with Crippen LogP contribution in [0.3, 0.4) is 0 Å². The molecule has 2 aromatic heterocycles. The SMILES string of the molecule is Cc1c(Br)cccc1-c1nc2nc(N)[nH]c(=O)c2[nH]1. The van der Waals surface area contributed by atoms with Gasteiger partial charge in [-0.25, -0.2) is 4.98 Å². The van der Waals surface area contributed by atoms with E-state index in [4.69, 9.17) is 5.73 Å². The van der Waals surface area contributed by atoms with Crippen LogP contribution < -0.4 is 11.3 Å². The van der Waals surface area contributed by atoms with E-state index in [9.17, 15) is 4.79 Å². The van der Waals surface area contributed by atoms with Crippen LogP contribution in [-0.2, 0) is 0 Å². The van der Waals surface area contributed by atoms with E-state index in [-0.39, 0.29) is 11.5 Å². The van der Waals surface area contributed by atoms with Crippen LogP contribution >= 0.6 is 15.9 Å². The average Bonchev–Trinajstić information content (AvgIpc) is 2.76. The summed E-state index contributed by atoms with van der Waals surface area (Å²) in [5.74, 6) is 0.652. The Bertz CT molecular complexity index is 836. The van der Waals surface area contributed by atoms with Gasteiger partial charge in [0.25, 0.3) is 5.56 Å². The van der Waals surface area contributed by atoms with Gasteiger partial charge in [-0.2, -0.15) is 4.98 Å². The number of nitrogens with zero attached hydrogens (tertiary/aromatic N) is 2. The van der Waals surface area contributed by atoms with Crippen molar-refractivity contribution in [1.82, 2.24) is 19.9 Å². The summed E-state index contributed by atoms with van der Waals surface area (Å²) in [7, 11) is 0. The molecule has 3 rings (SSSR count). The average molecular weight is 320 g/mol. The number of hydrogen-bond acceptors (Lipinski definition) is 4. The molecule has 0 amide bonds. The number of fused-ring (bicyclic) bond motifs is 1. The number of imidazole rings is 1. The Balaban J connectivity index is 2.30. The zero-order chi connectivity index (χ0) is 13.6. The lowest BCUT2D eigenvalue weighted by molar-refractivity contribution is 1.17. The number of rotatable bonds is 1. The van der Waals surface area contributed by atoms with E-state index >= 15 is 0 Å². The predicted octanol–water partition coefficient (Wildman–Crippen LogP) is 1.97. The maximum absolute atomic E-state index is 11.7. The maximum Gasteiger partial charge on any atom is 0.278 e. The topological polar surface area (TPSA) is 100 Å². The number of halogens is 1. The zero-order valence-corrected chi connectivity index (χ0v) is 11.6. The lowest BCUT2D eigenvalue weighted by Gasteiger charge is -2.03. The van der Waals surface area contributed by atoms with Crippen molar-refractivity contribution in [2.75, 3.05) is 5.73 Å². The van der Waals surface area contributed by atoms with Gasteiger partial charge in [0.05, 0.1) is 0 Å². The van der Waals surface area contributed by atoms with Crippen molar-refractivity contribution in [2.45, 2.75) is 6.92 Å². The Morgan fingerprint density at radius 1 is 1.26 bits per heavy atom. The molecule has 0 fully saturated rings. The third kappa shape index (κ3) is 1.91. The van der Waals surface area contributed by atoms with E-state index in [0.29, 0.717) is 17.0 Å². The highest BCUT2D eigenvalue weighted by Gasteiger charge is 2.12. The minimum atomic E-state index is -0.325. The van der Waals surface area contributed by atoms with Crippen LogP contribution in [0.15, 0.2) is 27.5 Å². The van der Waals surface area contributed by atoms with Crippen molar-refractivity contribution >= 4 is 33.0 Å². The molecule has 0 saturated heterocycles. The molecule has 96 valence electrons. The highest BCUT2D eigenvalue weighted by Crippen LogP contribution is 2.27. The first-order chi connectivity index (χ1) is 9.06. The molecule has 0 bridgehead atoms. The molecule has 4 N–H and O–H groups in total. The summed E-state index contributed by atoms with van der Waals surface area (Å²) >= 11 is 3.47. The van der Waals surface area contributed by atoms with E-state index in [0.717, 1.165) is 15.6 Å². The molecule has 19 heavy (non-hydrogen) atoms. The van der Waals surface area contributed by atoms with Crippen molar-refractivity contribution in [3.63, 3.8) is 0 Å². The second kappa shape index (κ2) is 4.20. The van der Waals surface area contributed by atoms with E-state index in [1.165, 1.54) is 0 Å². The van der Waals surface area contributed by atoms with Gasteiger partial charge in [-0.1, -0.05) is 28.1 Å². The number of H-pyrrole nitrogens is 2. The van der Waals surface area contributed by atoms with Gasteiger partial charge in [-0.05, 0) is 18.6 Å². The van der Waals surface area contributed by atoms with Crippen LogP contribution in [0.1, 0.15) is 5.56 Å². The number of nitrogen functional groups attached to an aromatic ring is 1. The normalized spacial score (nSPS) is 11.1. The summed E-state index contributed by atoms with van der Waals surface area (Å²) in [6, 6.07) is 5.78. The summed E-state index contributed by atoms with van der Waals surface area (Å²) < 4.78 is 0.979. The van der Waals surface area contributed by atoms with Gasteiger partial charge in [0.1, 0.15) is 5.82 Å². The number of aromatic nitrogens is 4. The molecular weight excluding hydrogens is 310 g/mol. The van der Waals surface area contributed by atoms with Crippen molar-refractivity contribution in [1.29, 1.82) is 0 Å². The molecule has 0 aliphatic heterocycles. The smallest absolute Gasteiger partial charge is 0.278 e. The molecule has 0 aliphatic rings. The Hall–Kier alpha value is -2.15. The van der Waals surface area contributed by atoms with Crippen LogP contribution in [0.4, 0.5) is 5.95 Å². The molecule has 0 saturated carbocycles. The van der Waals surface area contributed by atoms with Gasteiger partial charge in [0.15, 0.2) is 11.2 Å². The fraction of sp³-hybridized carbons (Fsp3) is 0.0833. The third-order valence-corrected chi connectivity index (χ3v) is 3.76. The molecular formula is C12H10BrN5O. The Morgan fingerprint density at radius 3 is 2.84 bits per heavy atom. The second-order valence-corrected chi connectivity index (χ2v) is 5.00. The molecule has 2 heterocycles. The zero-order valence-electron chi connectivity index (χ0n) is 9.99. The van der Waals surface area contributed by atoms with E-state index in [1.807, 2.05) is 25.1 Å². The summed E-state index contributed by atoms with van der Waals surface area (Å²) in [5, 5.41) is 0. The first-order valence-corrected chi connectivity index (χ1v) is 6.36. The fourth-order valence-corrected chi connectivity index (χ4v) is 2.28. The van der Waals surface area contributed by atoms with Crippen molar-refractivity contribution in [3.05, 3.63) is 38.6 Å². The number of hydrogen-bond donors (Lipinski definition) is 3. The Kier molecular flexibility index (Phi) is 2.63. The van der Waals surface area contributed by atoms with Crippen LogP contribution in [0.2, 0.25) is 0 Å². The fourth-order valence-electron chi connectivity index (χ4n) is 1.92. The maximum atomic E-state index is 11.7. The molecule has 0 radical (unpaired) electrons. The van der Waals surface area contributed by atoms with Gasteiger partial charge >= 0.3 is 0 Å². The Labute approximate surface area is 116 Å².